The van der Waals surface area contributed by atoms with Crippen molar-refractivity contribution >= 4 is 0 Å². The number of benzene rings is 1. The van der Waals surface area contributed by atoms with Crippen LogP contribution in [0.1, 0.15) is 43.4 Å². The second kappa shape index (κ2) is 7.16. The number of hydrogen-bond acceptors (Lipinski definition) is 1. The van der Waals surface area contributed by atoms with Crippen LogP contribution in [0.4, 0.5) is 0 Å². The summed E-state index contributed by atoms with van der Waals surface area (Å²) in [6, 6.07) is 4.32. The molecule has 0 aliphatic rings. The summed E-state index contributed by atoms with van der Waals surface area (Å²) in [5, 5.41) is 0. The van der Waals surface area contributed by atoms with Crippen LogP contribution in [0.2, 0.25) is 0 Å². The Morgan fingerprint density at radius 1 is 1.18 bits per heavy atom. The van der Waals surface area contributed by atoms with Crippen LogP contribution >= 0.6 is 0 Å². The molecule has 0 radical (unpaired) electrons. The van der Waals surface area contributed by atoms with Crippen molar-refractivity contribution < 1.29 is 4.74 Å². The Morgan fingerprint density at radius 3 is 2.35 bits per heavy atom. The summed E-state index contributed by atoms with van der Waals surface area (Å²) in [4.78, 5) is 0. The van der Waals surface area contributed by atoms with Crippen LogP contribution in [-0.2, 0) is 6.42 Å². The smallest absolute Gasteiger partial charge is 0.119 e. The van der Waals surface area contributed by atoms with Crippen molar-refractivity contribution in [2.24, 2.45) is 0 Å². The predicted molar refractivity (Wildman–Crippen MR) is 74.8 cm³/mol. The molecule has 1 rings (SSSR count). The summed E-state index contributed by atoms with van der Waals surface area (Å²) < 4.78 is 5.68. The van der Waals surface area contributed by atoms with Crippen LogP contribution < -0.4 is 4.74 Å². The molecule has 0 unspecified atom stereocenters. The van der Waals surface area contributed by atoms with Crippen LogP contribution in [0, 0.1) is 13.8 Å². The zero-order valence-corrected chi connectivity index (χ0v) is 11.5. The Morgan fingerprint density at radius 2 is 1.82 bits per heavy atom. The minimum absolute atomic E-state index is 0.802. The summed E-state index contributed by atoms with van der Waals surface area (Å²) >= 11 is 0. The number of rotatable bonds is 6. The average molecular weight is 232 g/mol. The maximum Gasteiger partial charge on any atom is 0.119 e. The van der Waals surface area contributed by atoms with Gasteiger partial charge in [-0.3, -0.25) is 0 Å². The van der Waals surface area contributed by atoms with E-state index in [0.717, 1.165) is 31.6 Å². The van der Waals surface area contributed by atoms with E-state index < -0.39 is 0 Å². The molecular weight excluding hydrogens is 208 g/mol. The van der Waals surface area contributed by atoms with Gasteiger partial charge in [-0.1, -0.05) is 19.1 Å². The minimum Gasteiger partial charge on any atom is -0.494 e. The molecule has 94 valence electrons. The molecule has 0 saturated carbocycles. The van der Waals surface area contributed by atoms with Crippen molar-refractivity contribution in [2.45, 2.75) is 47.0 Å². The van der Waals surface area contributed by atoms with Crippen molar-refractivity contribution in [3.05, 3.63) is 41.0 Å². The molecule has 0 N–H and O–H groups in total. The minimum atomic E-state index is 0.802. The standard InChI is InChI=1S/C16H24O/c1-5-7-8-9-16-13(3)11-15(12-14(16)4)17-10-6-2/h5,7,11-12H,6,8-10H2,1-4H3/b7-5-. The van der Waals surface area contributed by atoms with Gasteiger partial charge in [-0.25, -0.2) is 0 Å². The monoisotopic (exact) mass is 232 g/mol. The molecule has 0 saturated heterocycles. The van der Waals surface area contributed by atoms with Crippen molar-refractivity contribution in [3.63, 3.8) is 0 Å². The van der Waals surface area contributed by atoms with E-state index >= 15 is 0 Å². The lowest BCUT2D eigenvalue weighted by Gasteiger charge is -2.12. The predicted octanol–water partition coefficient (Wildman–Crippen LogP) is 4.60. The summed E-state index contributed by atoms with van der Waals surface area (Å²) in [5.41, 5.74) is 4.16. The fourth-order valence-electron chi connectivity index (χ4n) is 2.05. The first-order valence-electron chi connectivity index (χ1n) is 6.53. The third kappa shape index (κ3) is 4.26. The Labute approximate surface area is 106 Å². The highest BCUT2D eigenvalue weighted by Gasteiger charge is 2.05. The third-order valence-electron chi connectivity index (χ3n) is 2.94. The second-order valence-corrected chi connectivity index (χ2v) is 4.49. The lowest BCUT2D eigenvalue weighted by Crippen LogP contribution is -1.99. The van der Waals surface area contributed by atoms with Gasteiger partial charge in [0, 0.05) is 0 Å². The highest BCUT2D eigenvalue weighted by Crippen LogP contribution is 2.23. The zero-order valence-electron chi connectivity index (χ0n) is 11.5. The quantitative estimate of drug-likeness (QED) is 0.651. The lowest BCUT2D eigenvalue weighted by atomic mass is 9.98. The lowest BCUT2D eigenvalue weighted by molar-refractivity contribution is 0.317. The molecule has 0 amide bonds. The van der Waals surface area contributed by atoms with Gasteiger partial charge in [0.25, 0.3) is 0 Å². The molecule has 0 heterocycles. The van der Waals surface area contributed by atoms with E-state index in [1.165, 1.54) is 16.7 Å². The SMILES string of the molecule is C/C=C\CCc1c(C)cc(OCCC)cc1C. The van der Waals surface area contributed by atoms with Crippen LogP contribution in [0.15, 0.2) is 24.3 Å². The van der Waals surface area contributed by atoms with Gasteiger partial charge in [0.05, 0.1) is 6.61 Å². The fraction of sp³-hybridized carbons (Fsp3) is 0.500. The molecule has 1 aromatic rings. The van der Waals surface area contributed by atoms with Crippen LogP contribution in [-0.4, -0.2) is 6.61 Å². The number of aryl methyl sites for hydroxylation is 2. The maximum absolute atomic E-state index is 5.68. The molecule has 0 atom stereocenters. The number of ether oxygens (including phenoxy) is 1. The molecule has 0 bridgehead atoms. The van der Waals surface area contributed by atoms with E-state index in [1.54, 1.807) is 0 Å². The van der Waals surface area contributed by atoms with Crippen molar-refractivity contribution in [1.82, 2.24) is 0 Å². The molecule has 0 spiro atoms. The number of hydrogen-bond donors (Lipinski definition) is 0. The molecule has 1 nitrogen and oxygen atoms in total. The normalized spacial score (nSPS) is 11.1. The first-order chi connectivity index (χ1) is 8.19. The highest BCUT2D eigenvalue weighted by molar-refractivity contribution is 5.41. The molecule has 17 heavy (non-hydrogen) atoms. The summed E-state index contributed by atoms with van der Waals surface area (Å²) in [7, 11) is 0. The fourth-order valence-corrected chi connectivity index (χ4v) is 2.05. The van der Waals surface area contributed by atoms with Gasteiger partial charge >= 0.3 is 0 Å². The van der Waals surface area contributed by atoms with E-state index in [9.17, 15) is 0 Å². The topological polar surface area (TPSA) is 9.23 Å². The van der Waals surface area contributed by atoms with E-state index in [1.807, 2.05) is 0 Å². The van der Waals surface area contributed by atoms with Gasteiger partial charge in [-0.15, -0.1) is 0 Å². The van der Waals surface area contributed by atoms with Crippen molar-refractivity contribution in [1.29, 1.82) is 0 Å². The van der Waals surface area contributed by atoms with Gasteiger partial charge < -0.3 is 4.74 Å². The van der Waals surface area contributed by atoms with E-state index in [2.05, 4.69) is 52.0 Å². The van der Waals surface area contributed by atoms with Gasteiger partial charge in [-0.05, 0) is 68.9 Å². The second-order valence-electron chi connectivity index (χ2n) is 4.49. The largest absolute Gasteiger partial charge is 0.494 e. The Hall–Kier alpha value is -1.24. The van der Waals surface area contributed by atoms with Crippen molar-refractivity contribution in [2.75, 3.05) is 6.61 Å². The first-order valence-corrected chi connectivity index (χ1v) is 6.53. The molecule has 0 aliphatic carbocycles. The maximum atomic E-state index is 5.68. The summed E-state index contributed by atoms with van der Waals surface area (Å²) in [6.45, 7) is 9.36. The highest BCUT2D eigenvalue weighted by atomic mass is 16.5. The van der Waals surface area contributed by atoms with E-state index in [0.29, 0.717) is 0 Å². The number of allylic oxidation sites excluding steroid dienone is 2. The Bertz CT molecular complexity index is 354. The summed E-state index contributed by atoms with van der Waals surface area (Å²) in [5.74, 6) is 1.01. The van der Waals surface area contributed by atoms with E-state index in [4.69, 9.17) is 4.74 Å². The Kier molecular flexibility index (Phi) is 5.82. The molecule has 0 fully saturated rings. The van der Waals surface area contributed by atoms with Gasteiger partial charge in [0.15, 0.2) is 0 Å². The first kappa shape index (κ1) is 13.8. The summed E-state index contributed by atoms with van der Waals surface area (Å²) in [6.07, 6.45) is 7.63. The molecule has 1 aromatic carbocycles. The van der Waals surface area contributed by atoms with Crippen LogP contribution in [0.25, 0.3) is 0 Å². The molecule has 0 aromatic heterocycles. The Balaban J connectivity index is 2.78. The van der Waals surface area contributed by atoms with Crippen molar-refractivity contribution in [3.8, 4) is 5.75 Å². The average Bonchev–Trinajstić information content (AvgIpc) is 2.30. The van der Waals surface area contributed by atoms with Crippen LogP contribution in [0.5, 0.6) is 5.75 Å². The molecule has 1 heteroatoms. The molecule has 0 aliphatic heterocycles. The van der Waals surface area contributed by atoms with E-state index in [-0.39, 0.29) is 0 Å². The molecular formula is C16H24O. The van der Waals surface area contributed by atoms with Crippen LogP contribution in [0.3, 0.4) is 0 Å². The van der Waals surface area contributed by atoms with Gasteiger partial charge in [-0.2, -0.15) is 0 Å². The van der Waals surface area contributed by atoms with Gasteiger partial charge in [0.2, 0.25) is 0 Å². The third-order valence-corrected chi connectivity index (χ3v) is 2.94. The zero-order chi connectivity index (χ0) is 12.7. The van der Waals surface area contributed by atoms with Gasteiger partial charge in [0.1, 0.15) is 5.75 Å².